The third-order valence-electron chi connectivity index (χ3n) is 5.15. The summed E-state index contributed by atoms with van der Waals surface area (Å²) in [7, 11) is 0. The second kappa shape index (κ2) is 7.92. The van der Waals surface area contributed by atoms with E-state index in [2.05, 4.69) is 15.3 Å². The summed E-state index contributed by atoms with van der Waals surface area (Å²) < 4.78 is 44.4. The molecule has 11 heteroatoms. The number of fused-ring (bicyclic) bond motifs is 1. The number of ether oxygens (including phenoxy) is 1. The summed E-state index contributed by atoms with van der Waals surface area (Å²) in [5, 5.41) is 3.01. The van der Waals surface area contributed by atoms with Gasteiger partial charge in [0.05, 0.1) is 36.9 Å². The van der Waals surface area contributed by atoms with E-state index in [1.54, 1.807) is 4.90 Å². The number of hydrogen-bond donors (Lipinski definition) is 2. The van der Waals surface area contributed by atoms with Gasteiger partial charge in [0.25, 0.3) is 0 Å². The van der Waals surface area contributed by atoms with Crippen LogP contribution in [0.2, 0.25) is 5.28 Å². The van der Waals surface area contributed by atoms with E-state index in [1.807, 2.05) is 0 Å². The van der Waals surface area contributed by atoms with Crippen LogP contribution in [0.1, 0.15) is 28.8 Å². The number of nitrogens with two attached hydrogens (primary N) is 1. The predicted octanol–water partition coefficient (Wildman–Crippen LogP) is 3.22. The van der Waals surface area contributed by atoms with Crippen LogP contribution in [0, 0.1) is 5.92 Å². The highest BCUT2D eigenvalue weighted by atomic mass is 35.5. The summed E-state index contributed by atoms with van der Waals surface area (Å²) in [6, 6.07) is 3.38. The van der Waals surface area contributed by atoms with Crippen LogP contribution in [0.5, 0.6) is 0 Å². The number of anilines is 2. The molecule has 0 bridgehead atoms. The summed E-state index contributed by atoms with van der Waals surface area (Å²) in [4.78, 5) is 22.7. The van der Waals surface area contributed by atoms with Crippen LogP contribution in [0.25, 0.3) is 0 Å². The maximum Gasteiger partial charge on any atom is 0.416 e. The Kier molecular flexibility index (Phi) is 5.46. The summed E-state index contributed by atoms with van der Waals surface area (Å²) in [5.74, 6) is 0.199. The fourth-order valence-corrected chi connectivity index (χ4v) is 3.87. The molecule has 0 radical (unpaired) electrons. The third-order valence-corrected chi connectivity index (χ3v) is 5.32. The molecule has 1 amide bonds. The van der Waals surface area contributed by atoms with Crippen molar-refractivity contribution in [2.45, 2.75) is 32.2 Å². The van der Waals surface area contributed by atoms with Gasteiger partial charge in [-0.2, -0.15) is 13.2 Å². The van der Waals surface area contributed by atoms with E-state index in [0.717, 1.165) is 12.1 Å². The number of rotatable bonds is 4. The van der Waals surface area contributed by atoms with Crippen molar-refractivity contribution >= 4 is 29.0 Å². The number of benzene rings is 1. The Morgan fingerprint density at radius 3 is 2.80 bits per heavy atom. The average Bonchev–Trinajstić information content (AvgIpc) is 3.34. The lowest BCUT2D eigenvalue weighted by molar-refractivity contribution is -0.137. The lowest BCUT2D eigenvalue weighted by Crippen LogP contribution is -2.32. The maximum atomic E-state index is 13.0. The molecule has 7 nitrogen and oxygen atoms in total. The van der Waals surface area contributed by atoms with Gasteiger partial charge in [0.1, 0.15) is 5.82 Å². The van der Waals surface area contributed by atoms with Crippen molar-refractivity contribution in [3.8, 4) is 0 Å². The number of hydrogen-bond acceptors (Lipinski definition) is 6. The Morgan fingerprint density at radius 1 is 1.30 bits per heavy atom. The molecule has 0 spiro atoms. The number of carbonyl (C=O) groups is 1. The van der Waals surface area contributed by atoms with Gasteiger partial charge in [0.15, 0.2) is 0 Å². The normalized spacial score (nSPS) is 18.5. The Bertz CT molecular complexity index is 979. The fraction of sp³-hybridized carbons (Fsp3) is 0.421. The number of aromatic nitrogens is 2. The molecule has 30 heavy (non-hydrogen) atoms. The first-order chi connectivity index (χ1) is 14.2. The molecule has 1 aromatic carbocycles. The third kappa shape index (κ3) is 4.29. The van der Waals surface area contributed by atoms with Crippen LogP contribution < -0.4 is 11.1 Å². The molecule has 2 aliphatic rings. The molecule has 1 atom stereocenters. The number of nitrogens with zero attached hydrogens (tertiary/aromatic N) is 3. The number of carbonyl (C=O) groups excluding carboxylic acids is 1. The lowest BCUT2D eigenvalue weighted by Gasteiger charge is -2.18. The molecule has 1 saturated heterocycles. The second-order valence-corrected chi connectivity index (χ2v) is 7.67. The quantitative estimate of drug-likeness (QED) is 0.559. The van der Waals surface area contributed by atoms with Crippen molar-refractivity contribution in [2.75, 3.05) is 24.3 Å². The second-order valence-electron chi connectivity index (χ2n) is 7.34. The topological polar surface area (TPSA) is 93.4 Å². The molecule has 3 heterocycles. The zero-order valence-corrected chi connectivity index (χ0v) is 16.6. The van der Waals surface area contributed by atoms with E-state index in [-0.39, 0.29) is 29.3 Å². The molecule has 0 aliphatic carbocycles. The van der Waals surface area contributed by atoms with Crippen LogP contribution in [0.4, 0.5) is 24.7 Å². The average molecular weight is 442 g/mol. The molecule has 3 N–H and O–H groups in total. The minimum Gasteiger partial charge on any atom is -0.399 e. The van der Waals surface area contributed by atoms with Crippen LogP contribution in [0.3, 0.4) is 0 Å². The van der Waals surface area contributed by atoms with Gasteiger partial charge in [0, 0.05) is 24.4 Å². The molecule has 160 valence electrons. The van der Waals surface area contributed by atoms with Gasteiger partial charge in [-0.3, -0.25) is 4.79 Å². The molecular weight excluding hydrogens is 423 g/mol. The van der Waals surface area contributed by atoms with Crippen LogP contribution >= 0.6 is 11.6 Å². The number of alkyl halides is 3. The van der Waals surface area contributed by atoms with E-state index in [0.29, 0.717) is 55.4 Å². The van der Waals surface area contributed by atoms with Crippen molar-refractivity contribution < 1.29 is 22.7 Å². The summed E-state index contributed by atoms with van der Waals surface area (Å²) >= 11 is 6.02. The zero-order chi connectivity index (χ0) is 21.5. The first-order valence-electron chi connectivity index (χ1n) is 9.33. The van der Waals surface area contributed by atoms with Crippen LogP contribution in [0.15, 0.2) is 18.2 Å². The smallest absolute Gasteiger partial charge is 0.399 e. The largest absolute Gasteiger partial charge is 0.416 e. The van der Waals surface area contributed by atoms with Gasteiger partial charge >= 0.3 is 6.18 Å². The zero-order valence-electron chi connectivity index (χ0n) is 15.8. The Morgan fingerprint density at radius 2 is 2.10 bits per heavy atom. The van der Waals surface area contributed by atoms with Gasteiger partial charge in [-0.25, -0.2) is 9.97 Å². The van der Waals surface area contributed by atoms with Crippen LogP contribution in [-0.2, 0) is 35.3 Å². The van der Waals surface area contributed by atoms with Crippen LogP contribution in [-0.4, -0.2) is 34.0 Å². The highest BCUT2D eigenvalue weighted by Gasteiger charge is 2.34. The molecule has 2 aliphatic heterocycles. The molecule has 0 saturated carbocycles. The number of nitrogens with one attached hydrogen (secondary N) is 1. The Hall–Kier alpha value is -2.59. The van der Waals surface area contributed by atoms with Gasteiger partial charge in [0.2, 0.25) is 11.2 Å². The highest BCUT2D eigenvalue weighted by Crippen LogP contribution is 2.33. The van der Waals surface area contributed by atoms with Crippen molar-refractivity contribution in [1.82, 2.24) is 14.9 Å². The van der Waals surface area contributed by atoms with E-state index in [9.17, 15) is 18.0 Å². The monoisotopic (exact) mass is 441 g/mol. The molecule has 4 rings (SSSR count). The lowest BCUT2D eigenvalue weighted by atomic mass is 10.1. The first kappa shape index (κ1) is 20.7. The SMILES string of the molecule is Nc1cc(CNc2nc(Cl)nc3c2CN(C(=O)C2CCOC2)C3)cc(C(F)(F)F)c1. The summed E-state index contributed by atoms with van der Waals surface area (Å²) in [6.45, 7) is 1.63. The van der Waals surface area contributed by atoms with E-state index in [1.165, 1.54) is 6.07 Å². The summed E-state index contributed by atoms with van der Waals surface area (Å²) in [6.07, 6.45) is -3.81. The number of nitrogen functional groups attached to an aromatic ring is 1. The maximum absolute atomic E-state index is 13.0. The fourth-order valence-electron chi connectivity index (χ4n) is 3.68. The molecule has 1 unspecified atom stereocenters. The van der Waals surface area contributed by atoms with Gasteiger partial charge in [-0.05, 0) is 41.8 Å². The van der Waals surface area contributed by atoms with Gasteiger partial charge < -0.3 is 20.7 Å². The summed E-state index contributed by atoms with van der Waals surface area (Å²) in [5.41, 5.74) is 6.49. The number of halogens is 4. The molecule has 1 aromatic heterocycles. The molecule has 2 aromatic rings. The van der Waals surface area contributed by atoms with Crippen molar-refractivity contribution in [3.63, 3.8) is 0 Å². The van der Waals surface area contributed by atoms with E-state index in [4.69, 9.17) is 22.1 Å². The highest BCUT2D eigenvalue weighted by molar-refractivity contribution is 6.28. The first-order valence-corrected chi connectivity index (χ1v) is 9.71. The standard InChI is InChI=1S/C19H19ClF3N5O2/c20-18-26-15-8-28(17(29)11-1-2-30-9-11)7-14(15)16(27-18)25-6-10-3-12(19(21,22)23)5-13(24)4-10/h3-5,11H,1-2,6-9,24H2,(H,25,26,27). The van der Waals surface area contributed by atoms with Gasteiger partial charge in [-0.15, -0.1) is 0 Å². The number of amides is 1. The van der Waals surface area contributed by atoms with Crippen molar-refractivity contribution in [3.05, 3.63) is 45.9 Å². The van der Waals surface area contributed by atoms with Crippen molar-refractivity contribution in [1.29, 1.82) is 0 Å². The molecule has 1 fully saturated rings. The van der Waals surface area contributed by atoms with Gasteiger partial charge in [-0.1, -0.05) is 0 Å². The van der Waals surface area contributed by atoms with E-state index >= 15 is 0 Å². The van der Waals surface area contributed by atoms with Crippen molar-refractivity contribution in [2.24, 2.45) is 5.92 Å². The Labute approximate surface area is 175 Å². The predicted molar refractivity (Wildman–Crippen MR) is 103 cm³/mol. The van der Waals surface area contributed by atoms with E-state index < -0.39 is 11.7 Å². The minimum atomic E-state index is -4.49. The minimum absolute atomic E-state index is 0.00157. The molecular formula is C19H19ClF3N5O2. The Balaban J connectivity index is 1.52.